The zero-order valence-electron chi connectivity index (χ0n) is 22.4. The van der Waals surface area contributed by atoms with Crippen LogP contribution in [0.4, 0.5) is 10.3 Å². The van der Waals surface area contributed by atoms with Crippen LogP contribution in [0.3, 0.4) is 0 Å². The van der Waals surface area contributed by atoms with Crippen LogP contribution >= 0.6 is 0 Å². The van der Waals surface area contributed by atoms with E-state index in [-0.39, 0.29) is 29.7 Å². The van der Waals surface area contributed by atoms with E-state index < -0.39 is 17.1 Å². The number of halogens is 1. The van der Waals surface area contributed by atoms with Crippen LogP contribution in [0, 0.1) is 17.1 Å². The summed E-state index contributed by atoms with van der Waals surface area (Å²) in [6, 6.07) is 17.1. The largest absolute Gasteiger partial charge is 0.340 e. The Hall–Kier alpha value is -4.23. The number of fused-ring (bicyclic) bond motifs is 1. The first-order valence-corrected chi connectivity index (χ1v) is 13.1. The molecule has 1 N–H and O–H groups in total. The van der Waals surface area contributed by atoms with Crippen molar-refractivity contribution in [3.05, 3.63) is 91.9 Å². The summed E-state index contributed by atoms with van der Waals surface area (Å²) >= 11 is 0. The second kappa shape index (κ2) is 10.5. The van der Waals surface area contributed by atoms with Crippen molar-refractivity contribution in [1.29, 1.82) is 5.26 Å². The third kappa shape index (κ3) is 5.36. The molecule has 0 radical (unpaired) electrons. The van der Waals surface area contributed by atoms with Crippen LogP contribution in [0.2, 0.25) is 0 Å². The number of nitrogens with zero attached hydrogens (tertiary/aromatic N) is 6. The predicted octanol–water partition coefficient (Wildman–Crippen LogP) is 3.22. The maximum Gasteiger partial charge on any atom is 0.331 e. The molecule has 0 amide bonds. The van der Waals surface area contributed by atoms with Crippen LogP contribution in [0.1, 0.15) is 37.5 Å². The molecule has 1 aliphatic rings. The highest BCUT2D eigenvalue weighted by molar-refractivity contribution is 5.75. The van der Waals surface area contributed by atoms with Gasteiger partial charge in [0, 0.05) is 38.3 Å². The molecule has 0 unspecified atom stereocenters. The van der Waals surface area contributed by atoms with Gasteiger partial charge in [-0.15, -0.1) is 0 Å². The molecule has 0 saturated carbocycles. The lowest BCUT2D eigenvalue weighted by Gasteiger charge is -2.35. The second-order valence-electron chi connectivity index (χ2n) is 11.0. The van der Waals surface area contributed by atoms with E-state index in [1.165, 1.54) is 17.2 Å². The van der Waals surface area contributed by atoms with Gasteiger partial charge in [0.15, 0.2) is 11.2 Å². The summed E-state index contributed by atoms with van der Waals surface area (Å²) in [4.78, 5) is 36.8. The highest BCUT2D eigenvalue weighted by atomic mass is 19.1. The lowest BCUT2D eigenvalue weighted by molar-refractivity contribution is 0.248. The number of piperazine rings is 1. The Morgan fingerprint density at radius 2 is 1.67 bits per heavy atom. The predicted molar refractivity (Wildman–Crippen MR) is 148 cm³/mol. The van der Waals surface area contributed by atoms with E-state index in [0.29, 0.717) is 24.6 Å². The summed E-state index contributed by atoms with van der Waals surface area (Å²) < 4.78 is 17.4. The first kappa shape index (κ1) is 26.4. The molecule has 3 heterocycles. The van der Waals surface area contributed by atoms with Crippen LogP contribution in [0.5, 0.6) is 0 Å². The number of aromatic amines is 1. The van der Waals surface area contributed by atoms with E-state index >= 15 is 0 Å². The van der Waals surface area contributed by atoms with Gasteiger partial charge in [0.1, 0.15) is 12.4 Å². The van der Waals surface area contributed by atoms with Gasteiger partial charge in [-0.2, -0.15) is 10.2 Å². The Kier molecular flexibility index (Phi) is 7.10. The minimum absolute atomic E-state index is 0.0622. The van der Waals surface area contributed by atoms with Crippen molar-refractivity contribution in [2.24, 2.45) is 0 Å². The van der Waals surface area contributed by atoms with Crippen LogP contribution in [0.25, 0.3) is 11.2 Å². The number of aromatic nitrogens is 4. The number of imidazole rings is 1. The quantitative estimate of drug-likeness (QED) is 0.412. The molecule has 39 heavy (non-hydrogen) atoms. The maximum absolute atomic E-state index is 14.6. The van der Waals surface area contributed by atoms with E-state index in [1.54, 1.807) is 22.8 Å². The fraction of sp³-hybridized carbons (Fsp3) is 0.379. The van der Waals surface area contributed by atoms with Crippen molar-refractivity contribution in [1.82, 2.24) is 24.0 Å². The van der Waals surface area contributed by atoms with Gasteiger partial charge in [0.25, 0.3) is 5.56 Å². The van der Waals surface area contributed by atoms with Crippen LogP contribution in [-0.2, 0) is 25.0 Å². The molecule has 2 aromatic carbocycles. The highest BCUT2D eigenvalue weighted by Gasteiger charge is 2.26. The molecule has 0 spiro atoms. The first-order valence-electron chi connectivity index (χ1n) is 13.1. The van der Waals surface area contributed by atoms with Crippen molar-refractivity contribution >= 4 is 17.1 Å². The highest BCUT2D eigenvalue weighted by Crippen LogP contribution is 2.25. The molecule has 0 aliphatic carbocycles. The Labute approximate surface area is 225 Å². The molecule has 202 valence electrons. The molecular formula is C29H32FN7O2. The SMILES string of the molecule is CC(C)(C)c1ccc(CN2CCN(c3nc4c(c(=O)[nH]c(=O)n4CC#N)n3Cc3ccccc3F)CC2)cc1. The van der Waals surface area contributed by atoms with Gasteiger partial charge in [0.2, 0.25) is 5.95 Å². The zero-order chi connectivity index (χ0) is 27.7. The summed E-state index contributed by atoms with van der Waals surface area (Å²) in [7, 11) is 0. The smallest absolute Gasteiger partial charge is 0.331 e. The number of rotatable bonds is 6. The molecule has 0 bridgehead atoms. The van der Waals surface area contributed by atoms with Crippen LogP contribution in [-0.4, -0.2) is 50.2 Å². The van der Waals surface area contributed by atoms with Gasteiger partial charge in [0.05, 0.1) is 12.6 Å². The Balaban J connectivity index is 1.44. The number of benzene rings is 2. The van der Waals surface area contributed by atoms with Crippen molar-refractivity contribution in [2.75, 3.05) is 31.1 Å². The van der Waals surface area contributed by atoms with E-state index in [9.17, 15) is 19.2 Å². The number of hydrogen-bond acceptors (Lipinski definition) is 6. The maximum atomic E-state index is 14.6. The molecule has 0 atom stereocenters. The molecule has 2 aromatic heterocycles. The average Bonchev–Trinajstić information content (AvgIpc) is 3.27. The van der Waals surface area contributed by atoms with Gasteiger partial charge in [-0.1, -0.05) is 63.2 Å². The average molecular weight is 530 g/mol. The third-order valence-corrected chi connectivity index (χ3v) is 7.26. The fourth-order valence-electron chi connectivity index (χ4n) is 5.04. The van der Waals surface area contributed by atoms with Gasteiger partial charge in [-0.05, 0) is 22.6 Å². The summed E-state index contributed by atoms with van der Waals surface area (Å²) in [6.45, 7) is 10.1. The molecule has 1 aliphatic heterocycles. The van der Waals surface area contributed by atoms with E-state index in [4.69, 9.17) is 0 Å². The molecule has 5 rings (SSSR count). The summed E-state index contributed by atoms with van der Waals surface area (Å²) in [5.74, 6) is 0.0830. The summed E-state index contributed by atoms with van der Waals surface area (Å²) in [5.41, 5.74) is 2.01. The zero-order valence-corrected chi connectivity index (χ0v) is 22.4. The van der Waals surface area contributed by atoms with Gasteiger partial charge in [-0.25, -0.2) is 9.18 Å². The van der Waals surface area contributed by atoms with Gasteiger partial charge < -0.3 is 4.90 Å². The third-order valence-electron chi connectivity index (χ3n) is 7.26. The standard InChI is InChI=1S/C29H32FN7O2/c1-29(2,3)22-10-8-20(9-11-22)18-34-14-16-35(17-15-34)27-32-25-24(26(38)33-28(39)36(25)13-12-31)37(27)19-21-6-4-5-7-23(21)30/h4-11H,13-19H2,1-3H3,(H,33,38,39). The number of anilines is 1. The normalized spacial score (nSPS) is 14.6. The molecule has 1 saturated heterocycles. The summed E-state index contributed by atoms with van der Waals surface area (Å²) in [6.07, 6.45) is 0. The Morgan fingerprint density at radius 3 is 2.31 bits per heavy atom. The van der Waals surface area contributed by atoms with E-state index in [1.807, 2.05) is 6.07 Å². The molecule has 9 nitrogen and oxygen atoms in total. The number of hydrogen-bond donors (Lipinski definition) is 1. The number of nitriles is 1. The molecular weight excluding hydrogens is 497 g/mol. The van der Waals surface area contributed by atoms with E-state index in [0.717, 1.165) is 24.2 Å². The molecule has 1 fully saturated rings. The van der Waals surface area contributed by atoms with Crippen molar-refractivity contribution in [3.8, 4) is 6.07 Å². The Bertz CT molecular complexity index is 1650. The van der Waals surface area contributed by atoms with Crippen molar-refractivity contribution in [3.63, 3.8) is 0 Å². The van der Waals surface area contributed by atoms with Crippen molar-refractivity contribution < 1.29 is 4.39 Å². The topological polar surface area (TPSA) is 103 Å². The summed E-state index contributed by atoms with van der Waals surface area (Å²) in [5, 5.41) is 9.27. The molecule has 4 aromatic rings. The number of nitrogens with one attached hydrogen (secondary N) is 1. The first-order chi connectivity index (χ1) is 18.7. The van der Waals surface area contributed by atoms with Crippen molar-refractivity contribution in [2.45, 2.75) is 45.8 Å². The van der Waals surface area contributed by atoms with Crippen LogP contribution < -0.4 is 16.1 Å². The lowest BCUT2D eigenvalue weighted by atomic mass is 9.87. The second-order valence-corrected chi connectivity index (χ2v) is 11.0. The van der Waals surface area contributed by atoms with E-state index in [2.05, 4.69) is 64.8 Å². The van der Waals surface area contributed by atoms with Gasteiger partial charge >= 0.3 is 5.69 Å². The Morgan fingerprint density at radius 1 is 0.974 bits per heavy atom. The fourth-order valence-corrected chi connectivity index (χ4v) is 5.04. The number of H-pyrrole nitrogens is 1. The lowest BCUT2D eigenvalue weighted by Crippen LogP contribution is -2.47. The minimum atomic E-state index is -0.696. The molecule has 10 heteroatoms. The monoisotopic (exact) mass is 529 g/mol. The van der Waals surface area contributed by atoms with Gasteiger partial charge in [-0.3, -0.25) is 23.8 Å². The van der Waals surface area contributed by atoms with Crippen LogP contribution in [0.15, 0.2) is 58.1 Å². The minimum Gasteiger partial charge on any atom is -0.340 e.